The van der Waals surface area contributed by atoms with Gasteiger partial charge in [0, 0.05) is 11.4 Å². The Morgan fingerprint density at radius 3 is 1.85 bits per heavy atom. The Kier molecular flexibility index (Phi) is 10.9. The van der Waals surface area contributed by atoms with E-state index in [-0.39, 0.29) is 7.92 Å². The topological polar surface area (TPSA) is 18.5 Å². The number of alkyl halides is 1. The molecule has 2 fully saturated rings. The van der Waals surface area contributed by atoms with Crippen LogP contribution in [-0.4, -0.2) is 29.9 Å². The third-order valence-corrected chi connectivity index (χ3v) is 9.13. The van der Waals surface area contributed by atoms with Gasteiger partial charge in [0.2, 0.25) is 0 Å². The van der Waals surface area contributed by atoms with Gasteiger partial charge in [-0.05, 0) is 49.1 Å². The Bertz CT molecular complexity index is 499. The first-order valence-corrected chi connectivity index (χ1v) is 12.9. The number of rotatable bonds is 5. The summed E-state index contributed by atoms with van der Waals surface area (Å²) < 4.78 is 11.8. The van der Waals surface area contributed by atoms with Crippen molar-refractivity contribution in [3.05, 3.63) is 18.2 Å². The van der Waals surface area contributed by atoms with Gasteiger partial charge in [0.05, 0.1) is 14.2 Å². The van der Waals surface area contributed by atoms with Gasteiger partial charge in [0.1, 0.15) is 11.5 Å². The molecule has 0 bridgehead atoms. The van der Waals surface area contributed by atoms with Crippen LogP contribution in [0.25, 0.3) is 0 Å². The minimum atomic E-state index is -0.117. The standard InChI is InChI=1S/C20H31O2P.CH2Cl.Pd/c1-21-16-13-14-20(19(15-16)22-2)23(17-9-5-3-6-10-17)18-11-7-4-8-12-18;1-2;/h13-15,17-18H,3-12H2,1-2H3;1H2;. The van der Waals surface area contributed by atoms with Crippen LogP contribution in [0.15, 0.2) is 18.2 Å². The summed E-state index contributed by atoms with van der Waals surface area (Å²) in [4.78, 5) is 0. The van der Waals surface area contributed by atoms with Crippen LogP contribution in [0, 0.1) is 0 Å². The van der Waals surface area contributed by atoms with E-state index in [9.17, 15) is 0 Å². The second-order valence-electron chi connectivity index (χ2n) is 7.11. The molecule has 2 nitrogen and oxygen atoms in total. The fraction of sp³-hybridized carbons (Fsp3) is 0.714. The molecule has 0 amide bonds. The minimum absolute atomic E-state index is 0.117. The van der Waals surface area contributed by atoms with Crippen molar-refractivity contribution in [3.8, 4) is 11.5 Å². The Hall–Kier alpha value is 0.202. The molecule has 0 aliphatic heterocycles. The Morgan fingerprint density at radius 2 is 1.42 bits per heavy atom. The number of benzene rings is 1. The number of ether oxygens (including phenoxy) is 2. The SMILES string of the molecule is COc1ccc(P(C2CCCCC2)C2CCCCC2)c(OC)c1.Cl[CH2][Pd]. The molecule has 151 valence electrons. The van der Waals surface area contributed by atoms with Gasteiger partial charge in [-0.3, -0.25) is 0 Å². The average molecular weight is 490 g/mol. The Balaban J connectivity index is 0.000000758. The van der Waals surface area contributed by atoms with E-state index in [4.69, 9.17) is 21.1 Å². The van der Waals surface area contributed by atoms with Crippen molar-refractivity contribution in [1.29, 1.82) is 0 Å². The van der Waals surface area contributed by atoms with Gasteiger partial charge < -0.3 is 9.47 Å². The van der Waals surface area contributed by atoms with Crippen LogP contribution < -0.4 is 14.8 Å². The van der Waals surface area contributed by atoms with Gasteiger partial charge in [0.25, 0.3) is 0 Å². The number of hydrogen-bond donors (Lipinski definition) is 0. The van der Waals surface area contributed by atoms with E-state index in [1.807, 2.05) is 7.11 Å². The molecule has 5 heteroatoms. The second-order valence-corrected chi connectivity index (χ2v) is 11.3. The number of hydrogen-bond acceptors (Lipinski definition) is 2. The van der Waals surface area contributed by atoms with E-state index < -0.39 is 0 Å². The summed E-state index contributed by atoms with van der Waals surface area (Å²) in [6.07, 6.45) is 14.3. The van der Waals surface area contributed by atoms with Gasteiger partial charge in [-0.25, -0.2) is 0 Å². The second kappa shape index (κ2) is 12.6. The summed E-state index contributed by atoms with van der Waals surface area (Å²) in [5.41, 5.74) is 1.81. The van der Waals surface area contributed by atoms with E-state index >= 15 is 0 Å². The fourth-order valence-electron chi connectivity index (χ4n) is 4.41. The van der Waals surface area contributed by atoms with Crippen LogP contribution in [-0.2, 0) is 19.2 Å². The third kappa shape index (κ3) is 6.38. The Morgan fingerprint density at radius 1 is 0.923 bits per heavy atom. The van der Waals surface area contributed by atoms with E-state index in [1.54, 1.807) is 7.11 Å². The van der Waals surface area contributed by atoms with E-state index in [0.29, 0.717) is 4.35 Å². The monoisotopic (exact) mass is 489 g/mol. The van der Waals surface area contributed by atoms with Gasteiger partial charge >= 0.3 is 35.2 Å². The van der Waals surface area contributed by atoms with Crippen molar-refractivity contribution in [2.45, 2.75) is 75.5 Å². The van der Waals surface area contributed by atoms with Crippen LogP contribution in [0.2, 0.25) is 0 Å². The molecule has 0 aromatic heterocycles. The zero-order chi connectivity index (χ0) is 18.8. The van der Waals surface area contributed by atoms with Gasteiger partial charge in [-0.1, -0.05) is 46.4 Å². The van der Waals surface area contributed by atoms with Gasteiger partial charge in [0.15, 0.2) is 0 Å². The third-order valence-electron chi connectivity index (χ3n) is 5.60. The van der Waals surface area contributed by atoms with Crippen molar-refractivity contribution >= 4 is 24.8 Å². The molecule has 1 aromatic carbocycles. The summed E-state index contributed by atoms with van der Waals surface area (Å²) in [6.45, 7) is 0. The summed E-state index contributed by atoms with van der Waals surface area (Å²) >= 11 is 7.64. The maximum atomic E-state index is 5.79. The maximum absolute atomic E-state index is 5.79. The summed E-state index contributed by atoms with van der Waals surface area (Å²) in [5.74, 6) is 1.97. The van der Waals surface area contributed by atoms with E-state index in [2.05, 4.69) is 37.4 Å². The zero-order valence-corrected chi connectivity index (χ0v) is 19.3. The van der Waals surface area contributed by atoms with E-state index in [0.717, 1.165) is 22.8 Å². The van der Waals surface area contributed by atoms with Crippen LogP contribution >= 0.6 is 19.5 Å². The molecule has 26 heavy (non-hydrogen) atoms. The van der Waals surface area contributed by atoms with Crippen molar-refractivity contribution < 1.29 is 28.7 Å². The molecule has 0 radical (unpaired) electrons. The van der Waals surface area contributed by atoms with Crippen molar-refractivity contribution in [1.82, 2.24) is 0 Å². The zero-order valence-electron chi connectivity index (χ0n) is 16.1. The van der Waals surface area contributed by atoms with Crippen LogP contribution in [0.4, 0.5) is 0 Å². The molecular weight excluding hydrogens is 457 g/mol. The number of methoxy groups -OCH3 is 2. The van der Waals surface area contributed by atoms with Gasteiger partial charge in [-0.2, -0.15) is 0 Å². The average Bonchev–Trinajstić information content (AvgIpc) is 2.70. The van der Waals surface area contributed by atoms with Crippen molar-refractivity contribution in [2.24, 2.45) is 0 Å². The molecule has 0 N–H and O–H groups in total. The first kappa shape index (κ1) is 22.5. The summed E-state index contributed by atoms with van der Waals surface area (Å²) in [6, 6.07) is 6.54. The molecule has 0 saturated heterocycles. The van der Waals surface area contributed by atoms with E-state index in [1.165, 1.54) is 69.5 Å². The fourth-order valence-corrected chi connectivity index (χ4v) is 8.29. The van der Waals surface area contributed by atoms with Crippen molar-refractivity contribution in [2.75, 3.05) is 18.6 Å². The molecule has 2 aliphatic carbocycles. The first-order valence-electron chi connectivity index (χ1n) is 9.83. The first-order chi connectivity index (χ1) is 12.7. The quantitative estimate of drug-likeness (QED) is 0.278. The number of halogens is 1. The summed E-state index contributed by atoms with van der Waals surface area (Å²) in [5, 5.41) is 1.50. The predicted molar refractivity (Wildman–Crippen MR) is 111 cm³/mol. The Labute approximate surface area is 176 Å². The molecule has 0 heterocycles. The van der Waals surface area contributed by atoms with Crippen LogP contribution in [0.5, 0.6) is 11.5 Å². The molecule has 0 atom stereocenters. The predicted octanol–water partition coefficient (Wildman–Crippen LogP) is 6.21. The molecule has 0 unspecified atom stereocenters. The molecular formula is C21H33ClO2PPd. The molecule has 0 spiro atoms. The van der Waals surface area contributed by atoms with Crippen LogP contribution in [0.3, 0.4) is 0 Å². The molecule has 2 aliphatic rings. The molecule has 2 saturated carbocycles. The molecule has 1 aromatic rings. The molecule has 3 rings (SSSR count). The van der Waals surface area contributed by atoms with Gasteiger partial charge in [-0.15, -0.1) is 0 Å². The summed E-state index contributed by atoms with van der Waals surface area (Å²) in [7, 11) is 3.43. The van der Waals surface area contributed by atoms with Crippen molar-refractivity contribution in [3.63, 3.8) is 0 Å². The van der Waals surface area contributed by atoms with Crippen LogP contribution in [0.1, 0.15) is 64.2 Å². The normalized spacial score (nSPS) is 19.0.